The zero-order chi connectivity index (χ0) is 27.4. The predicted octanol–water partition coefficient (Wildman–Crippen LogP) is 12.6. The lowest BCUT2D eigenvalue weighted by Crippen LogP contribution is -2.18. The second-order valence-electron chi connectivity index (χ2n) is 9.14. The summed E-state index contributed by atoms with van der Waals surface area (Å²) in [7, 11) is 0. The molecular weight excluding hydrogens is 496 g/mol. The summed E-state index contributed by atoms with van der Waals surface area (Å²) in [6, 6.07) is 0. The van der Waals surface area contributed by atoms with Gasteiger partial charge in [-0.05, 0) is 38.5 Å². The molecule has 0 unspecified atom stereocenters. The van der Waals surface area contributed by atoms with Gasteiger partial charge in [-0.2, -0.15) is 0 Å². The largest absolute Gasteiger partial charge is 0.462 e. The van der Waals surface area contributed by atoms with Gasteiger partial charge in [-0.15, -0.1) is 0 Å². The minimum absolute atomic E-state index is 0.0439. The minimum atomic E-state index is 0.0439. The van der Waals surface area contributed by atoms with E-state index < -0.39 is 0 Å². The second kappa shape index (κ2) is 44.0. The highest BCUT2D eigenvalue weighted by molar-refractivity contribution is 9.09. The van der Waals surface area contributed by atoms with Crippen LogP contribution in [0.15, 0.2) is 0 Å². The van der Waals surface area contributed by atoms with Crippen molar-refractivity contribution in [3.63, 3.8) is 0 Å². The summed E-state index contributed by atoms with van der Waals surface area (Å²) < 4.78 is 5.89. The number of unbranched alkanes of at least 4 members (excludes halogenated alkanes) is 14. The maximum absolute atomic E-state index is 12.3. The summed E-state index contributed by atoms with van der Waals surface area (Å²) >= 11 is 3.47. The van der Waals surface area contributed by atoms with Crippen molar-refractivity contribution in [1.82, 2.24) is 0 Å². The van der Waals surface area contributed by atoms with Gasteiger partial charge in [0.2, 0.25) is 0 Å². The fourth-order valence-electron chi connectivity index (χ4n) is 3.71. The van der Waals surface area contributed by atoms with Gasteiger partial charge in [0, 0.05) is 11.8 Å². The molecule has 3 heteroatoms. The third-order valence-corrected chi connectivity index (χ3v) is 6.13. The van der Waals surface area contributed by atoms with Crippen molar-refractivity contribution in [3.8, 4) is 0 Å². The molecule has 0 N–H and O–H groups in total. The van der Waals surface area contributed by atoms with Crippen molar-refractivity contribution >= 4 is 21.9 Å². The van der Waals surface area contributed by atoms with E-state index in [0.29, 0.717) is 6.42 Å². The number of esters is 1. The highest BCUT2D eigenvalue weighted by Gasteiger charge is 2.14. The van der Waals surface area contributed by atoms with Gasteiger partial charge in [0.1, 0.15) is 6.10 Å². The lowest BCUT2D eigenvalue weighted by atomic mass is 10.0. The quantitative estimate of drug-likeness (QED) is 0.0741. The maximum Gasteiger partial charge on any atom is 0.306 e. The number of ether oxygens (including phenoxy) is 1. The molecule has 0 saturated heterocycles. The standard InChI is InChI=1S/C25H49BrO2.C3H8.2C2H6/c1-3-5-7-9-12-16-20-24(21-17-13-10-8-6-4-2)28-25(27)22-18-14-11-15-19-23-26;1-3-2;2*1-2/h24H,3-23H2,1-2H3;3H2,1-2H3;2*1-2H3. The first kappa shape index (κ1) is 42.1. The average Bonchev–Trinajstić information content (AvgIpc) is 2.88. The lowest BCUT2D eigenvalue weighted by Gasteiger charge is -2.18. The SMILES string of the molecule is CC.CC.CCC.CCCCCCCCC(CCCCCCCC)OC(=O)CCCCCCCBr. The van der Waals surface area contributed by atoms with E-state index in [1.54, 1.807) is 0 Å². The van der Waals surface area contributed by atoms with E-state index in [1.165, 1.54) is 103 Å². The van der Waals surface area contributed by atoms with Crippen molar-refractivity contribution in [3.05, 3.63) is 0 Å². The van der Waals surface area contributed by atoms with E-state index in [2.05, 4.69) is 43.6 Å². The fourth-order valence-corrected chi connectivity index (χ4v) is 4.10. The van der Waals surface area contributed by atoms with Gasteiger partial charge in [0.05, 0.1) is 0 Å². The molecule has 0 rings (SSSR count). The van der Waals surface area contributed by atoms with Crippen molar-refractivity contribution in [2.24, 2.45) is 0 Å². The Morgan fingerprint density at radius 1 is 0.571 bits per heavy atom. The zero-order valence-electron chi connectivity index (χ0n) is 25.8. The average molecular weight is 566 g/mol. The number of hydrogen-bond donors (Lipinski definition) is 0. The number of alkyl halides is 1. The van der Waals surface area contributed by atoms with Gasteiger partial charge < -0.3 is 4.74 Å². The number of hydrogen-bond acceptors (Lipinski definition) is 2. The zero-order valence-corrected chi connectivity index (χ0v) is 27.4. The maximum atomic E-state index is 12.3. The highest BCUT2D eigenvalue weighted by atomic mass is 79.9. The van der Waals surface area contributed by atoms with E-state index in [-0.39, 0.29) is 12.1 Å². The highest BCUT2D eigenvalue weighted by Crippen LogP contribution is 2.18. The molecule has 0 aliphatic carbocycles. The van der Waals surface area contributed by atoms with Crippen molar-refractivity contribution in [2.45, 2.75) is 196 Å². The van der Waals surface area contributed by atoms with Gasteiger partial charge in [0.15, 0.2) is 0 Å². The summed E-state index contributed by atoms with van der Waals surface area (Å²) in [5.74, 6) is 0.0439. The number of halogens is 1. The Kier molecular flexibility index (Phi) is 52.8. The molecule has 0 amide bonds. The molecule has 0 spiro atoms. The van der Waals surface area contributed by atoms with E-state index in [9.17, 15) is 4.79 Å². The molecule has 0 aliphatic rings. The Labute approximate surface area is 232 Å². The van der Waals surface area contributed by atoms with Gasteiger partial charge in [-0.25, -0.2) is 0 Å². The summed E-state index contributed by atoms with van der Waals surface area (Å²) in [4.78, 5) is 12.3. The topological polar surface area (TPSA) is 26.3 Å². The molecule has 0 aromatic carbocycles. The molecule has 0 radical (unpaired) electrons. The Hall–Kier alpha value is -0.0500. The number of carbonyl (C=O) groups excluding carboxylic acids is 1. The molecule has 35 heavy (non-hydrogen) atoms. The first-order valence-corrected chi connectivity index (χ1v) is 17.0. The van der Waals surface area contributed by atoms with E-state index in [4.69, 9.17) is 4.74 Å². The van der Waals surface area contributed by atoms with Crippen LogP contribution in [0.25, 0.3) is 0 Å². The summed E-state index contributed by atoms with van der Waals surface area (Å²) in [5, 5.41) is 1.09. The van der Waals surface area contributed by atoms with Crippen LogP contribution in [0.3, 0.4) is 0 Å². The van der Waals surface area contributed by atoms with Gasteiger partial charge in [-0.3, -0.25) is 4.79 Å². The van der Waals surface area contributed by atoms with Crippen LogP contribution >= 0.6 is 15.9 Å². The number of carbonyl (C=O) groups is 1. The first-order chi connectivity index (χ1) is 17.2. The molecule has 216 valence electrons. The Morgan fingerprint density at radius 3 is 1.31 bits per heavy atom. The lowest BCUT2D eigenvalue weighted by molar-refractivity contribution is -0.150. The van der Waals surface area contributed by atoms with Gasteiger partial charge >= 0.3 is 5.97 Å². The molecule has 2 nitrogen and oxygen atoms in total. The van der Waals surface area contributed by atoms with E-state index in [1.807, 2.05) is 27.7 Å². The third-order valence-electron chi connectivity index (χ3n) is 5.57. The van der Waals surface area contributed by atoms with Crippen LogP contribution in [-0.2, 0) is 9.53 Å². The van der Waals surface area contributed by atoms with E-state index in [0.717, 1.165) is 31.0 Å². The van der Waals surface area contributed by atoms with Crippen LogP contribution < -0.4 is 0 Å². The van der Waals surface area contributed by atoms with Crippen molar-refractivity contribution in [1.29, 1.82) is 0 Å². The van der Waals surface area contributed by atoms with Gasteiger partial charge in [-0.1, -0.05) is 161 Å². The smallest absolute Gasteiger partial charge is 0.306 e. The molecule has 0 aromatic rings. The third kappa shape index (κ3) is 44.4. The van der Waals surface area contributed by atoms with Crippen LogP contribution in [0.4, 0.5) is 0 Å². The molecule has 0 saturated carbocycles. The predicted molar refractivity (Wildman–Crippen MR) is 166 cm³/mol. The van der Waals surface area contributed by atoms with Gasteiger partial charge in [0.25, 0.3) is 0 Å². The van der Waals surface area contributed by atoms with Crippen LogP contribution in [0, 0.1) is 0 Å². The Bertz CT molecular complexity index is 318. The van der Waals surface area contributed by atoms with E-state index >= 15 is 0 Å². The normalized spacial score (nSPS) is 9.89. The monoisotopic (exact) mass is 564 g/mol. The second-order valence-corrected chi connectivity index (χ2v) is 9.93. The molecule has 0 bridgehead atoms. The number of rotatable bonds is 22. The molecule has 0 aliphatic heterocycles. The first-order valence-electron chi connectivity index (χ1n) is 15.9. The van der Waals surface area contributed by atoms with Crippen molar-refractivity contribution in [2.75, 3.05) is 5.33 Å². The summed E-state index contributed by atoms with van der Waals surface area (Å²) in [6.07, 6.45) is 25.7. The summed E-state index contributed by atoms with van der Waals surface area (Å²) in [6.45, 7) is 16.8. The van der Waals surface area contributed by atoms with Crippen LogP contribution in [0.5, 0.6) is 0 Å². The fraction of sp³-hybridized carbons (Fsp3) is 0.969. The van der Waals surface area contributed by atoms with Crippen LogP contribution in [0.2, 0.25) is 0 Å². The van der Waals surface area contributed by atoms with Crippen LogP contribution in [0.1, 0.15) is 190 Å². The van der Waals surface area contributed by atoms with Crippen LogP contribution in [-0.4, -0.2) is 17.4 Å². The molecular formula is C32H69BrO2. The molecule has 0 atom stereocenters. The molecule has 0 fully saturated rings. The molecule has 0 heterocycles. The Morgan fingerprint density at radius 2 is 0.914 bits per heavy atom. The minimum Gasteiger partial charge on any atom is -0.462 e. The Balaban J connectivity index is -0.000000617. The molecule has 0 aromatic heterocycles. The van der Waals surface area contributed by atoms with Crippen molar-refractivity contribution < 1.29 is 9.53 Å². The summed E-state index contributed by atoms with van der Waals surface area (Å²) in [5.41, 5.74) is 0.